The third kappa shape index (κ3) is 3.11. The maximum atomic E-state index is 12.9. The molecule has 2 fully saturated rings. The number of imide groups is 1. The number of carbonyl (C=O) groups is 2. The number of carbonyl (C=O) groups excluding carboxylic acids is 2. The monoisotopic (exact) mass is 332 g/mol. The van der Waals surface area contributed by atoms with Gasteiger partial charge in [-0.3, -0.25) is 9.69 Å². The predicted octanol–water partition coefficient (Wildman–Crippen LogP) is 3.80. The summed E-state index contributed by atoms with van der Waals surface area (Å²) in [5, 5.41) is 2.99. The Balaban J connectivity index is 1.71. The first kappa shape index (κ1) is 16.4. The third-order valence-electron chi connectivity index (χ3n) is 5.28. The number of thioether (sulfide) groups is 1. The lowest BCUT2D eigenvalue weighted by Gasteiger charge is -2.34. The Morgan fingerprint density at radius 2 is 1.87 bits per heavy atom. The number of benzene rings is 1. The van der Waals surface area contributed by atoms with Crippen molar-refractivity contribution in [3.63, 3.8) is 0 Å². The van der Waals surface area contributed by atoms with Crippen LogP contribution in [0.25, 0.3) is 0 Å². The predicted molar refractivity (Wildman–Crippen MR) is 92.3 cm³/mol. The van der Waals surface area contributed by atoms with Crippen LogP contribution in [0.2, 0.25) is 0 Å². The molecule has 124 valence electrons. The first-order valence-corrected chi connectivity index (χ1v) is 9.57. The Kier molecular flexibility index (Phi) is 4.67. The molecule has 1 aromatic carbocycles. The molecule has 1 N–H and O–H groups in total. The minimum absolute atomic E-state index is 0.0361. The van der Waals surface area contributed by atoms with Crippen LogP contribution in [0.5, 0.6) is 0 Å². The molecule has 3 amide bonds. The van der Waals surface area contributed by atoms with Gasteiger partial charge in [-0.05, 0) is 55.6 Å². The Hall–Kier alpha value is -1.49. The van der Waals surface area contributed by atoms with Gasteiger partial charge in [0.1, 0.15) is 5.54 Å². The summed E-state index contributed by atoms with van der Waals surface area (Å²) in [6.07, 6.45) is 6.79. The minimum atomic E-state index is -0.637. The van der Waals surface area contributed by atoms with Crippen molar-refractivity contribution < 1.29 is 9.59 Å². The molecule has 0 atom stereocenters. The van der Waals surface area contributed by atoms with Crippen LogP contribution < -0.4 is 5.32 Å². The lowest BCUT2D eigenvalue weighted by atomic mass is 9.75. The molecule has 0 unspecified atom stereocenters. The summed E-state index contributed by atoms with van der Waals surface area (Å²) in [7, 11) is 0. The van der Waals surface area contributed by atoms with Crippen LogP contribution in [0.15, 0.2) is 29.2 Å². The molecule has 5 heteroatoms. The van der Waals surface area contributed by atoms with Crippen molar-refractivity contribution in [3.8, 4) is 0 Å². The van der Waals surface area contributed by atoms with Gasteiger partial charge in [-0.25, -0.2) is 4.79 Å². The number of hydrogen-bond acceptors (Lipinski definition) is 3. The van der Waals surface area contributed by atoms with Crippen molar-refractivity contribution in [2.24, 2.45) is 5.92 Å². The van der Waals surface area contributed by atoms with E-state index in [0.717, 1.165) is 37.7 Å². The molecule has 0 aromatic heterocycles. The van der Waals surface area contributed by atoms with Crippen LogP contribution in [0.3, 0.4) is 0 Å². The molecule has 1 aliphatic heterocycles. The van der Waals surface area contributed by atoms with Crippen LogP contribution in [-0.2, 0) is 11.3 Å². The van der Waals surface area contributed by atoms with E-state index in [-0.39, 0.29) is 11.9 Å². The highest BCUT2D eigenvalue weighted by Gasteiger charge is 2.52. The largest absolute Gasteiger partial charge is 0.325 e. The summed E-state index contributed by atoms with van der Waals surface area (Å²) < 4.78 is 0. The first-order valence-electron chi connectivity index (χ1n) is 8.35. The van der Waals surface area contributed by atoms with E-state index in [4.69, 9.17) is 0 Å². The molecule has 3 rings (SSSR count). The molecular weight excluding hydrogens is 308 g/mol. The second-order valence-corrected chi connectivity index (χ2v) is 7.48. The normalized spacial score (nSPS) is 27.6. The average Bonchev–Trinajstić information content (AvgIpc) is 2.81. The summed E-state index contributed by atoms with van der Waals surface area (Å²) in [5.41, 5.74) is 0.354. The van der Waals surface area contributed by atoms with Gasteiger partial charge in [0.15, 0.2) is 0 Å². The maximum absolute atomic E-state index is 12.9. The Morgan fingerprint density at radius 3 is 2.43 bits per heavy atom. The fourth-order valence-corrected chi connectivity index (χ4v) is 4.06. The van der Waals surface area contributed by atoms with E-state index in [9.17, 15) is 9.59 Å². The number of amides is 3. The van der Waals surface area contributed by atoms with E-state index in [1.54, 1.807) is 11.8 Å². The molecule has 1 saturated heterocycles. The minimum Gasteiger partial charge on any atom is -0.323 e. The molecule has 1 spiro atoms. The Labute approximate surface area is 142 Å². The van der Waals surface area contributed by atoms with Crippen molar-refractivity contribution in [1.29, 1.82) is 0 Å². The zero-order chi connectivity index (χ0) is 16.4. The van der Waals surface area contributed by atoms with Gasteiger partial charge >= 0.3 is 6.03 Å². The number of urea groups is 1. The topological polar surface area (TPSA) is 49.4 Å². The molecule has 1 aromatic rings. The highest BCUT2D eigenvalue weighted by molar-refractivity contribution is 7.98. The molecular formula is C18H24N2O2S. The van der Waals surface area contributed by atoms with E-state index < -0.39 is 5.54 Å². The van der Waals surface area contributed by atoms with E-state index >= 15 is 0 Å². The van der Waals surface area contributed by atoms with Gasteiger partial charge in [0.05, 0.1) is 6.54 Å². The number of nitrogens with zero attached hydrogens (tertiary/aromatic N) is 1. The number of nitrogens with one attached hydrogen (secondary N) is 1. The zero-order valence-corrected chi connectivity index (χ0v) is 14.6. The zero-order valence-electron chi connectivity index (χ0n) is 13.8. The quantitative estimate of drug-likeness (QED) is 0.674. The van der Waals surface area contributed by atoms with Gasteiger partial charge in [-0.1, -0.05) is 25.5 Å². The van der Waals surface area contributed by atoms with Crippen LogP contribution in [0, 0.1) is 5.92 Å². The van der Waals surface area contributed by atoms with Crippen molar-refractivity contribution >= 4 is 23.7 Å². The van der Waals surface area contributed by atoms with Crippen LogP contribution >= 0.6 is 11.8 Å². The number of hydrogen-bond donors (Lipinski definition) is 1. The van der Waals surface area contributed by atoms with E-state index in [0.29, 0.717) is 12.5 Å². The van der Waals surface area contributed by atoms with Crippen molar-refractivity contribution in [3.05, 3.63) is 29.8 Å². The van der Waals surface area contributed by atoms with Gasteiger partial charge in [0.25, 0.3) is 5.91 Å². The van der Waals surface area contributed by atoms with Gasteiger partial charge in [-0.15, -0.1) is 11.8 Å². The van der Waals surface area contributed by atoms with Crippen molar-refractivity contribution in [2.45, 2.75) is 56.0 Å². The molecule has 1 saturated carbocycles. The van der Waals surface area contributed by atoms with E-state index in [1.165, 1.54) is 9.80 Å². The fraction of sp³-hybridized carbons (Fsp3) is 0.556. The average molecular weight is 332 g/mol. The smallest absolute Gasteiger partial charge is 0.323 e. The first-order chi connectivity index (χ1) is 11.1. The maximum Gasteiger partial charge on any atom is 0.325 e. The van der Waals surface area contributed by atoms with Crippen LogP contribution in [-0.4, -0.2) is 28.6 Å². The summed E-state index contributed by atoms with van der Waals surface area (Å²) in [4.78, 5) is 27.8. The van der Waals surface area contributed by atoms with Gasteiger partial charge in [0.2, 0.25) is 0 Å². The van der Waals surface area contributed by atoms with Crippen molar-refractivity contribution in [2.75, 3.05) is 6.26 Å². The van der Waals surface area contributed by atoms with Crippen LogP contribution in [0.4, 0.5) is 4.79 Å². The highest BCUT2D eigenvalue weighted by Crippen LogP contribution is 2.38. The Bertz CT molecular complexity index is 592. The van der Waals surface area contributed by atoms with E-state index in [1.807, 2.05) is 30.5 Å². The summed E-state index contributed by atoms with van der Waals surface area (Å²) >= 11 is 1.68. The molecule has 1 heterocycles. The van der Waals surface area contributed by atoms with E-state index in [2.05, 4.69) is 12.2 Å². The lowest BCUT2D eigenvalue weighted by molar-refractivity contribution is -0.133. The summed E-state index contributed by atoms with van der Waals surface area (Å²) in [5.74, 6) is 0.657. The van der Waals surface area contributed by atoms with Gasteiger partial charge in [0, 0.05) is 4.90 Å². The number of rotatable bonds is 4. The highest BCUT2D eigenvalue weighted by atomic mass is 32.2. The second kappa shape index (κ2) is 6.56. The molecule has 1 aliphatic carbocycles. The second-order valence-electron chi connectivity index (χ2n) is 6.60. The molecule has 23 heavy (non-hydrogen) atoms. The SMILES string of the molecule is CCC1CCC2(CC1)NC(=O)N(Cc1ccc(SC)cc1)C2=O. The van der Waals surface area contributed by atoms with Gasteiger partial charge < -0.3 is 5.32 Å². The molecule has 4 nitrogen and oxygen atoms in total. The summed E-state index contributed by atoms with van der Waals surface area (Å²) in [6, 6.07) is 7.80. The Morgan fingerprint density at radius 1 is 1.22 bits per heavy atom. The van der Waals surface area contributed by atoms with Crippen molar-refractivity contribution in [1.82, 2.24) is 10.2 Å². The third-order valence-corrected chi connectivity index (χ3v) is 6.03. The van der Waals surface area contributed by atoms with Gasteiger partial charge in [-0.2, -0.15) is 0 Å². The molecule has 0 radical (unpaired) electrons. The van der Waals surface area contributed by atoms with Crippen LogP contribution in [0.1, 0.15) is 44.6 Å². The standard InChI is InChI=1S/C18H24N2O2S/c1-3-13-8-10-18(11-9-13)16(21)20(17(22)19-18)12-14-4-6-15(23-2)7-5-14/h4-7,13H,3,8-12H2,1-2H3,(H,19,22). The molecule has 2 aliphatic rings. The summed E-state index contributed by atoms with van der Waals surface area (Å²) in [6.45, 7) is 2.56. The molecule has 0 bridgehead atoms. The fourth-order valence-electron chi connectivity index (χ4n) is 3.65. The lowest BCUT2D eigenvalue weighted by Crippen LogP contribution is -2.49.